The largest absolute Gasteiger partial charge is 0.480 e. The quantitative estimate of drug-likeness (QED) is 0.796. The molecule has 0 saturated carbocycles. The van der Waals surface area contributed by atoms with Crippen LogP contribution in [0.1, 0.15) is 32.8 Å². The third kappa shape index (κ3) is 4.10. The lowest BCUT2D eigenvalue weighted by molar-refractivity contribution is -0.138. The first-order valence-electron chi connectivity index (χ1n) is 6.13. The zero-order valence-corrected chi connectivity index (χ0v) is 10.7. The van der Waals surface area contributed by atoms with Crippen LogP contribution in [0.2, 0.25) is 0 Å². The number of aryl methyl sites for hydroxylation is 1. The van der Waals surface area contributed by atoms with Crippen LogP contribution in [0.3, 0.4) is 0 Å². The Morgan fingerprint density at radius 2 is 1.88 bits per heavy atom. The summed E-state index contributed by atoms with van der Waals surface area (Å²) in [5, 5.41) is 12.1. The van der Waals surface area contributed by atoms with Gasteiger partial charge < -0.3 is 10.4 Å². The molecule has 0 aliphatic heterocycles. The Bertz CT molecular complexity index is 357. The van der Waals surface area contributed by atoms with Gasteiger partial charge in [0, 0.05) is 5.69 Å². The van der Waals surface area contributed by atoms with E-state index in [0.29, 0.717) is 0 Å². The van der Waals surface area contributed by atoms with Crippen molar-refractivity contribution < 1.29 is 9.90 Å². The van der Waals surface area contributed by atoms with Crippen molar-refractivity contribution in [2.45, 2.75) is 39.7 Å². The van der Waals surface area contributed by atoms with Crippen LogP contribution < -0.4 is 5.32 Å². The maximum atomic E-state index is 11.1. The van der Waals surface area contributed by atoms with Gasteiger partial charge >= 0.3 is 5.97 Å². The highest BCUT2D eigenvalue weighted by atomic mass is 16.4. The highest BCUT2D eigenvalue weighted by molar-refractivity contribution is 5.77. The van der Waals surface area contributed by atoms with Crippen LogP contribution in [-0.4, -0.2) is 17.1 Å². The summed E-state index contributed by atoms with van der Waals surface area (Å²) in [6.45, 7) is 5.94. The van der Waals surface area contributed by atoms with E-state index < -0.39 is 12.0 Å². The summed E-state index contributed by atoms with van der Waals surface area (Å²) < 4.78 is 0. The van der Waals surface area contributed by atoms with Crippen LogP contribution in [-0.2, 0) is 11.2 Å². The van der Waals surface area contributed by atoms with Gasteiger partial charge in [-0.05, 0) is 30.0 Å². The number of carboxylic acid groups (broad SMARTS) is 1. The average Bonchev–Trinajstić information content (AvgIpc) is 2.27. The maximum Gasteiger partial charge on any atom is 0.326 e. The summed E-state index contributed by atoms with van der Waals surface area (Å²) in [7, 11) is 0. The van der Waals surface area contributed by atoms with Gasteiger partial charge in [0.2, 0.25) is 0 Å². The lowest BCUT2D eigenvalue weighted by atomic mass is 10.0. The van der Waals surface area contributed by atoms with E-state index >= 15 is 0 Å². The standard InChI is InChI=1S/C14H21NO2/c1-4-5-11-6-8-12(9-7-11)15-13(10(2)3)14(16)17/h6-10,13,15H,4-5H2,1-3H3,(H,16,17). The Balaban J connectivity index is 2.70. The molecule has 1 aromatic rings. The van der Waals surface area contributed by atoms with Crippen molar-refractivity contribution in [2.75, 3.05) is 5.32 Å². The topological polar surface area (TPSA) is 49.3 Å². The van der Waals surface area contributed by atoms with E-state index in [2.05, 4.69) is 12.2 Å². The summed E-state index contributed by atoms with van der Waals surface area (Å²) in [4.78, 5) is 11.1. The average molecular weight is 235 g/mol. The number of benzene rings is 1. The summed E-state index contributed by atoms with van der Waals surface area (Å²) in [5.41, 5.74) is 2.15. The molecular formula is C14H21NO2. The normalized spacial score (nSPS) is 12.5. The van der Waals surface area contributed by atoms with Crippen molar-refractivity contribution in [3.63, 3.8) is 0 Å². The minimum absolute atomic E-state index is 0.0582. The molecule has 0 saturated heterocycles. The molecule has 0 radical (unpaired) electrons. The molecule has 3 heteroatoms. The first-order valence-corrected chi connectivity index (χ1v) is 6.13. The Morgan fingerprint density at radius 3 is 2.29 bits per heavy atom. The van der Waals surface area contributed by atoms with E-state index in [1.54, 1.807) is 0 Å². The third-order valence-corrected chi connectivity index (χ3v) is 2.75. The van der Waals surface area contributed by atoms with Crippen molar-refractivity contribution in [3.8, 4) is 0 Å². The number of hydrogen-bond acceptors (Lipinski definition) is 2. The van der Waals surface area contributed by atoms with Gasteiger partial charge in [-0.2, -0.15) is 0 Å². The highest BCUT2D eigenvalue weighted by Crippen LogP contribution is 2.15. The van der Waals surface area contributed by atoms with E-state index in [9.17, 15) is 4.79 Å². The Morgan fingerprint density at radius 1 is 1.29 bits per heavy atom. The summed E-state index contributed by atoms with van der Waals surface area (Å²) >= 11 is 0. The van der Waals surface area contributed by atoms with Gasteiger partial charge in [-0.25, -0.2) is 4.79 Å². The Kier molecular flexibility index (Phi) is 5.01. The zero-order valence-electron chi connectivity index (χ0n) is 10.7. The lowest BCUT2D eigenvalue weighted by Gasteiger charge is -2.19. The summed E-state index contributed by atoms with van der Waals surface area (Å²) in [6.07, 6.45) is 2.18. The van der Waals surface area contributed by atoms with Crippen LogP contribution in [0, 0.1) is 5.92 Å². The fraction of sp³-hybridized carbons (Fsp3) is 0.500. The summed E-state index contributed by atoms with van der Waals surface area (Å²) in [5.74, 6) is -0.750. The molecule has 0 aliphatic carbocycles. The number of aliphatic carboxylic acids is 1. The first-order chi connectivity index (χ1) is 8.04. The van der Waals surface area contributed by atoms with Crippen molar-refractivity contribution in [1.29, 1.82) is 0 Å². The highest BCUT2D eigenvalue weighted by Gasteiger charge is 2.20. The summed E-state index contributed by atoms with van der Waals surface area (Å²) in [6, 6.07) is 7.45. The van der Waals surface area contributed by atoms with Crippen LogP contribution in [0.5, 0.6) is 0 Å². The van der Waals surface area contributed by atoms with Gasteiger partial charge in [0.15, 0.2) is 0 Å². The lowest BCUT2D eigenvalue weighted by Crippen LogP contribution is -2.34. The van der Waals surface area contributed by atoms with Gasteiger partial charge in [-0.1, -0.05) is 39.3 Å². The number of carboxylic acids is 1. The molecule has 0 aromatic heterocycles. The number of anilines is 1. The Labute approximate surface area is 103 Å². The first kappa shape index (κ1) is 13.6. The molecule has 17 heavy (non-hydrogen) atoms. The molecule has 0 amide bonds. The second-order valence-electron chi connectivity index (χ2n) is 4.65. The number of carbonyl (C=O) groups is 1. The minimum Gasteiger partial charge on any atom is -0.480 e. The molecule has 0 heterocycles. The van der Waals surface area contributed by atoms with Crippen molar-refractivity contribution >= 4 is 11.7 Å². The van der Waals surface area contributed by atoms with Crippen LogP contribution in [0.4, 0.5) is 5.69 Å². The van der Waals surface area contributed by atoms with Gasteiger partial charge in [0.25, 0.3) is 0 Å². The zero-order chi connectivity index (χ0) is 12.8. The number of nitrogens with one attached hydrogen (secondary N) is 1. The fourth-order valence-electron chi connectivity index (χ4n) is 1.75. The molecule has 0 spiro atoms. The van der Waals surface area contributed by atoms with E-state index in [-0.39, 0.29) is 5.92 Å². The van der Waals surface area contributed by atoms with Gasteiger partial charge in [0.05, 0.1) is 0 Å². The minimum atomic E-state index is -0.808. The molecule has 0 bridgehead atoms. The SMILES string of the molecule is CCCc1ccc(NC(C(=O)O)C(C)C)cc1. The number of rotatable bonds is 6. The predicted octanol–water partition coefficient (Wildman–Crippen LogP) is 3.16. The predicted molar refractivity (Wildman–Crippen MR) is 70.3 cm³/mol. The monoisotopic (exact) mass is 235 g/mol. The molecule has 2 N–H and O–H groups in total. The molecule has 94 valence electrons. The van der Waals surface area contributed by atoms with Crippen molar-refractivity contribution in [2.24, 2.45) is 5.92 Å². The molecule has 1 atom stereocenters. The third-order valence-electron chi connectivity index (χ3n) is 2.75. The maximum absolute atomic E-state index is 11.1. The molecule has 3 nitrogen and oxygen atoms in total. The molecule has 0 fully saturated rings. The van der Waals surface area contributed by atoms with E-state index in [1.807, 2.05) is 38.1 Å². The smallest absolute Gasteiger partial charge is 0.326 e. The van der Waals surface area contributed by atoms with E-state index in [0.717, 1.165) is 18.5 Å². The van der Waals surface area contributed by atoms with Crippen molar-refractivity contribution in [3.05, 3.63) is 29.8 Å². The van der Waals surface area contributed by atoms with Crippen LogP contribution in [0.25, 0.3) is 0 Å². The van der Waals surface area contributed by atoms with Crippen molar-refractivity contribution in [1.82, 2.24) is 0 Å². The number of hydrogen-bond donors (Lipinski definition) is 2. The van der Waals surface area contributed by atoms with Crippen LogP contribution in [0.15, 0.2) is 24.3 Å². The molecule has 0 aliphatic rings. The van der Waals surface area contributed by atoms with E-state index in [4.69, 9.17) is 5.11 Å². The van der Waals surface area contributed by atoms with E-state index in [1.165, 1.54) is 5.56 Å². The van der Waals surface area contributed by atoms with Gasteiger partial charge in [-0.3, -0.25) is 0 Å². The Hall–Kier alpha value is -1.51. The fourth-order valence-corrected chi connectivity index (χ4v) is 1.75. The molecule has 1 unspecified atom stereocenters. The molecular weight excluding hydrogens is 214 g/mol. The second-order valence-corrected chi connectivity index (χ2v) is 4.65. The van der Waals surface area contributed by atoms with Gasteiger partial charge in [-0.15, -0.1) is 0 Å². The molecule has 1 rings (SSSR count). The second kappa shape index (κ2) is 6.28. The van der Waals surface area contributed by atoms with Gasteiger partial charge in [0.1, 0.15) is 6.04 Å². The molecule has 1 aromatic carbocycles. The van der Waals surface area contributed by atoms with Crippen LogP contribution >= 0.6 is 0 Å².